The summed E-state index contributed by atoms with van der Waals surface area (Å²) in [6, 6.07) is 15.8. The first kappa shape index (κ1) is 25.9. The summed E-state index contributed by atoms with van der Waals surface area (Å²) in [5, 5.41) is 6.37. The van der Waals surface area contributed by atoms with Gasteiger partial charge in [-0.15, -0.1) is 0 Å². The fourth-order valence-corrected chi connectivity index (χ4v) is 4.04. The number of amides is 1. The lowest BCUT2D eigenvalue weighted by atomic mass is 9.97. The minimum atomic E-state index is -0.550. The Balaban J connectivity index is 1.49. The van der Waals surface area contributed by atoms with Crippen LogP contribution in [0.15, 0.2) is 66.7 Å². The maximum absolute atomic E-state index is 13.1. The molecule has 1 aliphatic rings. The zero-order chi connectivity index (χ0) is 26.6. The maximum atomic E-state index is 13.1. The van der Waals surface area contributed by atoms with Crippen LogP contribution in [0.2, 0.25) is 5.02 Å². The number of para-hydroxylation sites is 2. The van der Waals surface area contributed by atoms with Gasteiger partial charge in [0.25, 0.3) is 0 Å². The van der Waals surface area contributed by atoms with Crippen LogP contribution in [0.5, 0.6) is 11.5 Å². The minimum absolute atomic E-state index is 0.00561. The van der Waals surface area contributed by atoms with E-state index in [9.17, 15) is 9.59 Å². The molecule has 0 atom stereocenters. The second kappa shape index (κ2) is 10.8. The van der Waals surface area contributed by atoms with Crippen molar-refractivity contribution in [2.45, 2.75) is 19.4 Å². The van der Waals surface area contributed by atoms with Crippen molar-refractivity contribution in [1.82, 2.24) is 0 Å². The Morgan fingerprint density at radius 2 is 1.89 bits per heavy atom. The Morgan fingerprint density at radius 1 is 1.11 bits per heavy atom. The van der Waals surface area contributed by atoms with Crippen LogP contribution < -0.4 is 25.8 Å². The minimum Gasteiger partial charge on any atom is -0.495 e. The third-order valence-electron chi connectivity index (χ3n) is 5.75. The van der Waals surface area contributed by atoms with E-state index in [1.54, 1.807) is 61.7 Å². The van der Waals surface area contributed by atoms with Gasteiger partial charge in [0.2, 0.25) is 5.91 Å². The van der Waals surface area contributed by atoms with Crippen LogP contribution in [0.4, 0.5) is 17.1 Å². The smallest absolute Gasteiger partial charge is 0.243 e. The molecule has 8 heteroatoms. The molecule has 4 rings (SSSR count). The van der Waals surface area contributed by atoms with E-state index in [2.05, 4.69) is 10.6 Å². The van der Waals surface area contributed by atoms with Gasteiger partial charge in [-0.25, -0.2) is 0 Å². The Hall–Kier alpha value is -4.23. The first-order valence-corrected chi connectivity index (χ1v) is 12.0. The summed E-state index contributed by atoms with van der Waals surface area (Å²) in [6.45, 7) is 3.82. The van der Waals surface area contributed by atoms with Crippen LogP contribution >= 0.6 is 11.6 Å². The number of methoxy groups -OCH3 is 1. The average molecular weight is 518 g/mol. The van der Waals surface area contributed by atoms with Crippen LogP contribution in [0.3, 0.4) is 0 Å². The van der Waals surface area contributed by atoms with Gasteiger partial charge in [0.15, 0.2) is 5.78 Å². The van der Waals surface area contributed by atoms with Crippen molar-refractivity contribution in [2.24, 2.45) is 0 Å². The van der Waals surface area contributed by atoms with E-state index in [1.165, 1.54) is 6.08 Å². The van der Waals surface area contributed by atoms with E-state index >= 15 is 0 Å². The molecule has 0 fully saturated rings. The molecule has 37 heavy (non-hydrogen) atoms. The number of nitrogens with two attached hydrogens (primary N) is 1. The third-order valence-corrected chi connectivity index (χ3v) is 6.08. The van der Waals surface area contributed by atoms with Crippen LogP contribution in [-0.4, -0.2) is 30.9 Å². The largest absolute Gasteiger partial charge is 0.495 e. The summed E-state index contributed by atoms with van der Waals surface area (Å²) in [5.74, 6) is 0.547. The van der Waals surface area contributed by atoms with Gasteiger partial charge in [0.05, 0.1) is 41.3 Å². The molecule has 0 aliphatic carbocycles. The summed E-state index contributed by atoms with van der Waals surface area (Å²) in [6.07, 6.45) is 6.97. The Kier molecular flexibility index (Phi) is 7.55. The number of allylic oxidation sites excluding steroid dienone is 1. The monoisotopic (exact) mass is 517 g/mol. The maximum Gasteiger partial charge on any atom is 0.243 e. The number of hydrogen-bond donors (Lipinski definition) is 3. The summed E-state index contributed by atoms with van der Waals surface area (Å²) < 4.78 is 11.5. The molecule has 3 aromatic rings. The highest BCUT2D eigenvalue weighted by molar-refractivity contribution is 6.32. The number of ether oxygens (including phenoxy) is 2. The van der Waals surface area contributed by atoms with Gasteiger partial charge in [-0.2, -0.15) is 0 Å². The zero-order valence-corrected chi connectivity index (χ0v) is 21.6. The van der Waals surface area contributed by atoms with E-state index in [0.717, 1.165) is 5.56 Å². The van der Waals surface area contributed by atoms with Crippen molar-refractivity contribution < 1.29 is 19.1 Å². The number of carbonyl (C=O) groups is 2. The highest BCUT2D eigenvalue weighted by Crippen LogP contribution is 2.38. The third kappa shape index (κ3) is 6.13. The number of nitrogens with one attached hydrogen (secondary N) is 2. The quantitative estimate of drug-likeness (QED) is 0.190. The van der Waals surface area contributed by atoms with Gasteiger partial charge in [-0.05, 0) is 74.0 Å². The lowest BCUT2D eigenvalue weighted by molar-refractivity contribution is -0.114. The standard InChI is InChI=1S/C29H28ClN3O4/c1-29(2)15-14-19-21(30)11-10-20(28(19)37-29)25(34)12-8-18-9-13-26(36-3)24(16-18)32-17-27(35)33-23-7-5-4-6-22(23)31/h4-16,32H,17,31H2,1-3H3,(H,33,35)/b12-8+. The molecule has 1 aliphatic heterocycles. The second-order valence-electron chi connectivity index (χ2n) is 9.02. The molecular formula is C29H28ClN3O4. The van der Waals surface area contributed by atoms with Gasteiger partial charge in [-0.1, -0.05) is 35.9 Å². The van der Waals surface area contributed by atoms with Gasteiger partial charge < -0.3 is 25.8 Å². The summed E-state index contributed by atoms with van der Waals surface area (Å²) in [5.41, 5.74) is 8.83. The molecule has 1 amide bonds. The molecule has 7 nitrogen and oxygen atoms in total. The fourth-order valence-electron chi connectivity index (χ4n) is 3.83. The SMILES string of the molecule is COc1ccc(/C=C/C(=O)c2ccc(Cl)c3c2OC(C)(C)C=C3)cc1NCC(=O)Nc1ccccc1N. The van der Waals surface area contributed by atoms with E-state index in [4.69, 9.17) is 26.8 Å². The van der Waals surface area contributed by atoms with Gasteiger partial charge >= 0.3 is 0 Å². The number of fused-ring (bicyclic) bond motifs is 1. The van der Waals surface area contributed by atoms with E-state index < -0.39 is 5.60 Å². The predicted octanol–water partition coefficient (Wildman–Crippen LogP) is 6.06. The van der Waals surface area contributed by atoms with Crippen LogP contribution in [0, 0.1) is 0 Å². The topological polar surface area (TPSA) is 103 Å². The summed E-state index contributed by atoms with van der Waals surface area (Å²) in [4.78, 5) is 25.5. The number of benzene rings is 3. The van der Waals surface area contributed by atoms with Crippen LogP contribution in [0.1, 0.15) is 35.3 Å². The van der Waals surface area contributed by atoms with Gasteiger partial charge in [0.1, 0.15) is 17.1 Å². The molecule has 0 saturated heterocycles. The molecule has 0 saturated carbocycles. The molecular weight excluding hydrogens is 490 g/mol. The molecule has 0 radical (unpaired) electrons. The number of carbonyl (C=O) groups excluding carboxylic acids is 2. The Labute approximate surface area is 220 Å². The molecule has 0 aromatic heterocycles. The van der Waals surface area contributed by atoms with Gasteiger partial charge in [0, 0.05) is 5.56 Å². The Morgan fingerprint density at radius 3 is 2.65 bits per heavy atom. The van der Waals surface area contributed by atoms with Crippen molar-refractivity contribution in [3.05, 3.63) is 88.5 Å². The van der Waals surface area contributed by atoms with Crippen molar-refractivity contribution in [2.75, 3.05) is 30.0 Å². The second-order valence-corrected chi connectivity index (χ2v) is 9.43. The Bertz CT molecular complexity index is 1410. The number of hydrogen-bond acceptors (Lipinski definition) is 6. The molecule has 3 aromatic carbocycles. The van der Waals surface area contributed by atoms with Crippen LogP contribution in [0.25, 0.3) is 12.2 Å². The fraction of sp³-hybridized carbons (Fsp3) is 0.172. The van der Waals surface area contributed by atoms with Gasteiger partial charge in [-0.3, -0.25) is 9.59 Å². The van der Waals surface area contributed by atoms with Crippen molar-refractivity contribution in [3.63, 3.8) is 0 Å². The lowest BCUT2D eigenvalue weighted by Gasteiger charge is -2.29. The molecule has 0 unspecified atom stereocenters. The highest BCUT2D eigenvalue weighted by Gasteiger charge is 2.27. The number of halogens is 1. The van der Waals surface area contributed by atoms with Crippen molar-refractivity contribution in [1.29, 1.82) is 0 Å². The average Bonchev–Trinajstić information content (AvgIpc) is 2.87. The van der Waals surface area contributed by atoms with Crippen LogP contribution in [-0.2, 0) is 4.79 Å². The normalized spacial score (nSPS) is 13.5. The molecule has 4 N–H and O–H groups in total. The van der Waals surface area contributed by atoms with E-state index in [-0.39, 0.29) is 18.2 Å². The highest BCUT2D eigenvalue weighted by atomic mass is 35.5. The van der Waals surface area contributed by atoms with Crippen molar-refractivity contribution in [3.8, 4) is 11.5 Å². The van der Waals surface area contributed by atoms with E-state index in [1.807, 2.05) is 32.1 Å². The first-order chi connectivity index (χ1) is 17.7. The number of rotatable bonds is 8. The lowest BCUT2D eigenvalue weighted by Crippen LogP contribution is -2.28. The number of nitrogen functional groups attached to an aromatic ring is 1. The number of ketones is 1. The molecule has 190 valence electrons. The molecule has 0 bridgehead atoms. The first-order valence-electron chi connectivity index (χ1n) is 11.7. The molecule has 0 spiro atoms. The molecule has 1 heterocycles. The number of anilines is 3. The van der Waals surface area contributed by atoms with Crippen molar-refractivity contribution >= 4 is 52.5 Å². The zero-order valence-electron chi connectivity index (χ0n) is 20.8. The van der Waals surface area contributed by atoms with E-state index in [0.29, 0.717) is 44.7 Å². The predicted molar refractivity (Wildman–Crippen MR) is 150 cm³/mol. The summed E-state index contributed by atoms with van der Waals surface area (Å²) >= 11 is 6.32. The summed E-state index contributed by atoms with van der Waals surface area (Å²) in [7, 11) is 1.55.